The number of fused-ring (bicyclic) bond motifs is 1. The van der Waals surface area contributed by atoms with Crippen molar-refractivity contribution in [3.63, 3.8) is 0 Å². The normalized spacial score (nSPS) is 26.9. The van der Waals surface area contributed by atoms with Crippen LogP contribution in [0, 0.1) is 18.8 Å². The maximum atomic E-state index is 14.5. The Kier molecular flexibility index (Phi) is 9.51. The van der Waals surface area contributed by atoms with Crippen molar-refractivity contribution in [1.29, 1.82) is 0 Å². The molecule has 3 aliphatic rings. The number of hydrogen-bond donors (Lipinski definition) is 1. The molecule has 2 unspecified atom stereocenters. The third-order valence-electron chi connectivity index (χ3n) is 8.20. The molecule has 2 amide bonds. The van der Waals surface area contributed by atoms with E-state index in [1.807, 2.05) is 25.1 Å². The van der Waals surface area contributed by atoms with Crippen molar-refractivity contribution in [1.82, 2.24) is 4.90 Å². The number of carbonyl (C=O) groups is 3. The average Bonchev–Trinajstić information content (AvgIpc) is 3.55. The van der Waals surface area contributed by atoms with E-state index in [1.165, 1.54) is 0 Å². The second-order valence-electron chi connectivity index (χ2n) is 10.6. The molecule has 1 N–H and O–H groups in total. The lowest BCUT2D eigenvalue weighted by Crippen LogP contribution is -2.56. The quantitative estimate of drug-likeness (QED) is 0.209. The SMILES string of the molecule is C=CCCCCOC(=O)[C@@H]1[C@@H]2CCC3(O2)C(C(=O)N(CC=C)c2c(C)cccc2Cl)N(CCCCO)C(=O)[C@H]13. The van der Waals surface area contributed by atoms with Crippen LogP contribution in [0.3, 0.4) is 0 Å². The van der Waals surface area contributed by atoms with Crippen LogP contribution in [-0.4, -0.2) is 71.8 Å². The zero-order valence-electron chi connectivity index (χ0n) is 22.6. The lowest BCUT2D eigenvalue weighted by Gasteiger charge is -2.37. The van der Waals surface area contributed by atoms with Gasteiger partial charge in [-0.25, -0.2) is 0 Å². The van der Waals surface area contributed by atoms with Crippen molar-refractivity contribution in [2.75, 3.05) is 31.2 Å². The van der Waals surface area contributed by atoms with E-state index in [1.54, 1.807) is 21.9 Å². The highest BCUT2D eigenvalue weighted by Gasteiger charge is 2.75. The van der Waals surface area contributed by atoms with Crippen LogP contribution < -0.4 is 4.90 Å². The van der Waals surface area contributed by atoms with Crippen LogP contribution in [0.2, 0.25) is 5.02 Å². The summed E-state index contributed by atoms with van der Waals surface area (Å²) in [5.74, 6) is -2.56. The minimum absolute atomic E-state index is 0.0179. The molecule has 212 valence electrons. The largest absolute Gasteiger partial charge is 0.465 e. The first-order valence-corrected chi connectivity index (χ1v) is 14.2. The van der Waals surface area contributed by atoms with Gasteiger partial charge in [-0.1, -0.05) is 35.9 Å². The van der Waals surface area contributed by atoms with Gasteiger partial charge < -0.3 is 24.4 Å². The Balaban J connectivity index is 1.68. The fourth-order valence-electron chi connectivity index (χ4n) is 6.53. The van der Waals surface area contributed by atoms with E-state index >= 15 is 0 Å². The summed E-state index contributed by atoms with van der Waals surface area (Å²) in [5.41, 5.74) is 0.256. The van der Waals surface area contributed by atoms with Crippen LogP contribution in [0.5, 0.6) is 0 Å². The van der Waals surface area contributed by atoms with Crippen LogP contribution in [0.4, 0.5) is 5.69 Å². The van der Waals surface area contributed by atoms with Crippen LogP contribution in [0.25, 0.3) is 0 Å². The summed E-state index contributed by atoms with van der Waals surface area (Å²) in [6, 6.07) is 4.50. The molecule has 0 radical (unpaired) electrons. The standard InChI is InChI=1S/C30H39ClN2O6/c1-4-6-7-10-19-38-29(37)23-22-14-15-30(39-22)24(23)27(35)33(17-8-9-18-34)26(30)28(36)32(16-5-2)25-20(3)12-11-13-21(25)31/h4-5,11-13,22-24,26,34H,1-2,6-10,14-19H2,3H3/t22-,23+,24-,26?,30?/m0/s1. The maximum absolute atomic E-state index is 14.5. The third-order valence-corrected chi connectivity index (χ3v) is 8.50. The molecular formula is C30H39ClN2O6. The number of esters is 1. The number of aliphatic hydroxyl groups excluding tert-OH is 1. The number of amides is 2. The highest BCUT2D eigenvalue weighted by molar-refractivity contribution is 6.34. The molecule has 3 heterocycles. The van der Waals surface area contributed by atoms with Crippen molar-refractivity contribution in [3.05, 3.63) is 54.1 Å². The predicted octanol–water partition coefficient (Wildman–Crippen LogP) is 4.21. The summed E-state index contributed by atoms with van der Waals surface area (Å²) < 4.78 is 12.1. The highest BCUT2D eigenvalue weighted by Crippen LogP contribution is 2.59. The van der Waals surface area contributed by atoms with E-state index < -0.39 is 35.6 Å². The first-order valence-electron chi connectivity index (χ1n) is 13.9. The van der Waals surface area contributed by atoms with E-state index in [4.69, 9.17) is 21.1 Å². The summed E-state index contributed by atoms with van der Waals surface area (Å²) in [7, 11) is 0. The number of likely N-dealkylation sites (tertiary alicyclic amines) is 1. The number of rotatable bonds is 14. The number of para-hydroxylation sites is 1. The molecule has 4 rings (SSSR count). The molecule has 8 nitrogen and oxygen atoms in total. The number of carbonyl (C=O) groups excluding carboxylic acids is 3. The molecule has 39 heavy (non-hydrogen) atoms. The molecule has 0 aromatic heterocycles. The summed E-state index contributed by atoms with van der Waals surface area (Å²) in [4.78, 5) is 44.9. The molecule has 2 bridgehead atoms. The van der Waals surface area contributed by atoms with Crippen molar-refractivity contribution in [2.45, 2.75) is 69.6 Å². The number of aryl methyl sites for hydroxylation is 1. The summed E-state index contributed by atoms with van der Waals surface area (Å²) in [6.45, 7) is 10.1. The Morgan fingerprint density at radius 3 is 2.74 bits per heavy atom. The lowest BCUT2D eigenvalue weighted by molar-refractivity contribution is -0.155. The minimum Gasteiger partial charge on any atom is -0.465 e. The average molecular weight is 559 g/mol. The Labute approximate surface area is 235 Å². The number of hydrogen-bond acceptors (Lipinski definition) is 6. The fraction of sp³-hybridized carbons (Fsp3) is 0.567. The molecule has 3 saturated heterocycles. The summed E-state index contributed by atoms with van der Waals surface area (Å²) >= 11 is 6.58. The summed E-state index contributed by atoms with van der Waals surface area (Å²) in [6.07, 6.45) is 7.47. The molecule has 3 fully saturated rings. The Morgan fingerprint density at radius 1 is 1.26 bits per heavy atom. The van der Waals surface area contributed by atoms with Crippen LogP contribution in [-0.2, 0) is 23.9 Å². The number of benzene rings is 1. The smallest absolute Gasteiger partial charge is 0.312 e. The van der Waals surface area contributed by atoms with Gasteiger partial charge in [0.05, 0.1) is 35.3 Å². The van der Waals surface area contributed by atoms with E-state index in [-0.39, 0.29) is 38.1 Å². The fourth-order valence-corrected chi connectivity index (χ4v) is 6.85. The predicted molar refractivity (Wildman–Crippen MR) is 149 cm³/mol. The Hall–Kier alpha value is -2.68. The molecular weight excluding hydrogens is 520 g/mol. The van der Waals surface area contributed by atoms with Crippen molar-refractivity contribution >= 4 is 35.1 Å². The van der Waals surface area contributed by atoms with E-state index in [9.17, 15) is 19.5 Å². The topological polar surface area (TPSA) is 96.4 Å². The third kappa shape index (κ3) is 5.39. The van der Waals surface area contributed by atoms with Gasteiger partial charge in [0, 0.05) is 19.7 Å². The first kappa shape index (κ1) is 29.3. The lowest BCUT2D eigenvalue weighted by atomic mass is 9.70. The van der Waals surface area contributed by atoms with Crippen LogP contribution in [0.15, 0.2) is 43.5 Å². The number of allylic oxidation sites excluding steroid dienone is 1. The minimum atomic E-state index is -1.13. The van der Waals surface area contributed by atoms with Crippen LogP contribution in [0.1, 0.15) is 50.5 Å². The van der Waals surface area contributed by atoms with E-state index in [0.717, 1.165) is 18.4 Å². The van der Waals surface area contributed by atoms with Crippen molar-refractivity contribution in [3.8, 4) is 0 Å². The van der Waals surface area contributed by atoms with Gasteiger partial charge in [-0.05, 0) is 63.5 Å². The molecule has 3 aliphatic heterocycles. The maximum Gasteiger partial charge on any atom is 0.312 e. The van der Waals surface area contributed by atoms with Crippen molar-refractivity contribution in [2.24, 2.45) is 11.8 Å². The Bertz CT molecular complexity index is 1090. The number of nitrogens with zero attached hydrogens (tertiary/aromatic N) is 2. The number of anilines is 1. The van der Waals surface area contributed by atoms with Gasteiger partial charge >= 0.3 is 5.97 Å². The number of ether oxygens (including phenoxy) is 2. The van der Waals surface area contributed by atoms with Gasteiger partial charge in [0.15, 0.2) is 0 Å². The first-order chi connectivity index (χ1) is 18.8. The molecule has 0 saturated carbocycles. The van der Waals surface area contributed by atoms with Crippen LogP contribution >= 0.6 is 11.6 Å². The monoisotopic (exact) mass is 558 g/mol. The van der Waals surface area contributed by atoms with Gasteiger partial charge in [-0.3, -0.25) is 14.4 Å². The molecule has 1 aromatic rings. The second kappa shape index (κ2) is 12.7. The zero-order valence-corrected chi connectivity index (χ0v) is 23.4. The van der Waals surface area contributed by atoms with Crippen molar-refractivity contribution < 1.29 is 29.0 Å². The molecule has 0 aliphatic carbocycles. The zero-order chi connectivity index (χ0) is 28.2. The van der Waals surface area contributed by atoms with Gasteiger partial charge in [-0.15, -0.1) is 13.2 Å². The van der Waals surface area contributed by atoms with E-state index in [2.05, 4.69) is 13.2 Å². The summed E-state index contributed by atoms with van der Waals surface area (Å²) in [5, 5.41) is 9.79. The highest BCUT2D eigenvalue weighted by atomic mass is 35.5. The number of aliphatic hydroxyl groups is 1. The molecule has 5 atom stereocenters. The van der Waals surface area contributed by atoms with Gasteiger partial charge in [0.2, 0.25) is 5.91 Å². The number of unbranched alkanes of at least 4 members (excludes halogenated alkanes) is 3. The number of halogens is 1. The molecule has 1 spiro atoms. The van der Waals surface area contributed by atoms with Gasteiger partial charge in [0.25, 0.3) is 5.91 Å². The molecule has 1 aromatic carbocycles. The molecule has 9 heteroatoms. The Morgan fingerprint density at radius 2 is 2.05 bits per heavy atom. The van der Waals surface area contributed by atoms with E-state index in [0.29, 0.717) is 42.8 Å². The second-order valence-corrected chi connectivity index (χ2v) is 11.0. The van der Waals surface area contributed by atoms with Gasteiger partial charge in [0.1, 0.15) is 11.6 Å². The van der Waals surface area contributed by atoms with Gasteiger partial charge in [-0.2, -0.15) is 0 Å².